The van der Waals surface area contributed by atoms with Crippen LogP contribution in [0, 0.1) is 16.7 Å². The number of anilines is 1. The summed E-state index contributed by atoms with van der Waals surface area (Å²) in [6, 6.07) is 1.04. The Kier molecular flexibility index (Phi) is 7.47. The first-order valence-electron chi connectivity index (χ1n) is 12.7. The van der Waals surface area contributed by atoms with E-state index in [0.717, 1.165) is 19.3 Å². The van der Waals surface area contributed by atoms with E-state index in [1.807, 2.05) is 20.8 Å². The van der Waals surface area contributed by atoms with Gasteiger partial charge in [-0.05, 0) is 37.2 Å². The molecule has 2 aliphatic rings. The summed E-state index contributed by atoms with van der Waals surface area (Å²) in [5.74, 6) is -0.219. The average Bonchev–Trinajstić information content (AvgIpc) is 3.53. The van der Waals surface area contributed by atoms with Crippen molar-refractivity contribution in [3.63, 3.8) is 0 Å². The van der Waals surface area contributed by atoms with Gasteiger partial charge in [0.15, 0.2) is 5.65 Å². The predicted octanol–water partition coefficient (Wildman–Crippen LogP) is 2.21. The Morgan fingerprint density at radius 3 is 2.62 bits per heavy atom. The minimum atomic E-state index is -0.809. The Labute approximate surface area is 216 Å². The Morgan fingerprint density at radius 2 is 1.97 bits per heavy atom. The molecule has 3 N–H and O–H groups in total. The lowest BCUT2D eigenvalue weighted by Crippen LogP contribution is -2.55. The minimum absolute atomic E-state index is 0.0671. The number of amides is 3. The monoisotopic (exact) mass is 506 g/mol. The van der Waals surface area contributed by atoms with E-state index >= 15 is 0 Å². The van der Waals surface area contributed by atoms with Gasteiger partial charge in [0.25, 0.3) is 5.91 Å². The van der Waals surface area contributed by atoms with Crippen LogP contribution in [0.25, 0.3) is 11.2 Å². The number of piperidine rings is 1. The van der Waals surface area contributed by atoms with Crippen LogP contribution in [0.5, 0.6) is 0 Å². The Morgan fingerprint density at radius 1 is 1.24 bits per heavy atom. The summed E-state index contributed by atoms with van der Waals surface area (Å²) in [6.07, 6.45) is 7.41. The molecule has 2 aromatic heterocycles. The molecule has 2 atom stereocenters. The molecule has 0 radical (unpaired) electrons. The molecule has 0 saturated carbocycles. The number of likely N-dealkylation sites (tertiary alicyclic amines) is 2. The van der Waals surface area contributed by atoms with Gasteiger partial charge in [0, 0.05) is 31.9 Å². The van der Waals surface area contributed by atoms with E-state index in [2.05, 4.69) is 38.2 Å². The summed E-state index contributed by atoms with van der Waals surface area (Å²) in [4.78, 5) is 53.9. The SMILES string of the molecule is C=CC(=O)N1CCC(Nc2cnc3[nH]cc(C(=O)N[C@H](C(=O)N4CCC[C@H]4C#N)C(C)(C)C)c3n2)CC1. The molecule has 0 spiro atoms. The zero-order valence-corrected chi connectivity index (χ0v) is 21.6. The molecule has 4 rings (SSSR count). The van der Waals surface area contributed by atoms with Crippen LogP contribution in [-0.2, 0) is 9.59 Å². The van der Waals surface area contributed by atoms with E-state index in [-0.39, 0.29) is 23.4 Å². The van der Waals surface area contributed by atoms with E-state index in [4.69, 9.17) is 0 Å². The zero-order valence-electron chi connectivity index (χ0n) is 21.6. The van der Waals surface area contributed by atoms with Crippen LogP contribution in [0.4, 0.5) is 5.82 Å². The quantitative estimate of drug-likeness (QED) is 0.509. The van der Waals surface area contributed by atoms with Gasteiger partial charge in [-0.25, -0.2) is 9.97 Å². The number of nitrogens with zero attached hydrogens (tertiary/aromatic N) is 5. The van der Waals surface area contributed by atoms with Crippen LogP contribution in [0.2, 0.25) is 0 Å². The highest BCUT2D eigenvalue weighted by Crippen LogP contribution is 2.26. The van der Waals surface area contributed by atoms with Gasteiger partial charge in [-0.15, -0.1) is 0 Å². The molecule has 3 amide bonds. The first-order valence-corrected chi connectivity index (χ1v) is 12.7. The molecule has 196 valence electrons. The number of nitriles is 1. The first-order chi connectivity index (χ1) is 17.6. The number of nitrogens with one attached hydrogen (secondary N) is 3. The molecular formula is C26H34N8O3. The summed E-state index contributed by atoms with van der Waals surface area (Å²) in [5, 5.41) is 15.7. The third kappa shape index (κ3) is 5.58. The maximum Gasteiger partial charge on any atom is 0.255 e. The third-order valence-electron chi connectivity index (χ3n) is 7.03. The van der Waals surface area contributed by atoms with Crippen LogP contribution < -0.4 is 10.6 Å². The molecular weight excluding hydrogens is 472 g/mol. The second-order valence-corrected chi connectivity index (χ2v) is 10.7. The van der Waals surface area contributed by atoms with Crippen molar-refractivity contribution in [3.8, 4) is 6.07 Å². The van der Waals surface area contributed by atoms with Crippen molar-refractivity contribution in [1.82, 2.24) is 30.1 Å². The molecule has 11 heteroatoms. The molecule has 0 aromatic carbocycles. The lowest BCUT2D eigenvalue weighted by Gasteiger charge is -2.34. The number of aromatic nitrogens is 3. The maximum absolute atomic E-state index is 13.4. The largest absolute Gasteiger partial charge is 0.366 e. The molecule has 2 fully saturated rings. The van der Waals surface area contributed by atoms with Crippen LogP contribution in [-0.4, -0.2) is 80.2 Å². The summed E-state index contributed by atoms with van der Waals surface area (Å²) < 4.78 is 0. The zero-order chi connectivity index (χ0) is 26.7. The van der Waals surface area contributed by atoms with Gasteiger partial charge in [0.2, 0.25) is 11.8 Å². The van der Waals surface area contributed by atoms with Gasteiger partial charge in [0.05, 0.1) is 17.8 Å². The molecule has 2 saturated heterocycles. The number of rotatable bonds is 6. The molecule has 2 aliphatic heterocycles. The second-order valence-electron chi connectivity index (χ2n) is 10.7. The van der Waals surface area contributed by atoms with Gasteiger partial charge in [0.1, 0.15) is 23.4 Å². The Bertz CT molecular complexity index is 1230. The predicted molar refractivity (Wildman–Crippen MR) is 138 cm³/mol. The van der Waals surface area contributed by atoms with Crippen LogP contribution in [0.1, 0.15) is 56.8 Å². The average molecular weight is 507 g/mol. The van der Waals surface area contributed by atoms with E-state index < -0.39 is 23.4 Å². The fraction of sp³-hybridized carbons (Fsp3) is 0.538. The van der Waals surface area contributed by atoms with Crippen molar-refractivity contribution < 1.29 is 14.4 Å². The maximum atomic E-state index is 13.4. The molecule has 37 heavy (non-hydrogen) atoms. The minimum Gasteiger partial charge on any atom is -0.366 e. The fourth-order valence-electron chi connectivity index (χ4n) is 4.90. The number of hydrogen-bond donors (Lipinski definition) is 3. The standard InChI is InChI=1S/C26H34N8O3/c1-5-20(35)33-11-8-16(9-12-33)30-19-15-29-23-21(31-19)18(14-28-23)24(36)32-22(26(2,3)4)25(37)34-10-6-7-17(34)13-27/h5,14-17,22H,1,6-12H2,2-4H3,(H,28,29)(H,30,31)(H,32,36)/t17-,22+/m0/s1. The summed E-state index contributed by atoms with van der Waals surface area (Å²) in [6.45, 7) is 11.0. The molecule has 0 aliphatic carbocycles. The highest BCUT2D eigenvalue weighted by Gasteiger charge is 2.40. The van der Waals surface area contributed by atoms with Crippen molar-refractivity contribution >= 4 is 34.7 Å². The number of H-pyrrole nitrogens is 1. The summed E-state index contributed by atoms with van der Waals surface area (Å²) in [5.41, 5.74) is 0.586. The van der Waals surface area contributed by atoms with Crippen molar-refractivity contribution in [2.75, 3.05) is 25.0 Å². The number of hydrogen-bond acceptors (Lipinski definition) is 7. The smallest absolute Gasteiger partial charge is 0.255 e. The van der Waals surface area contributed by atoms with E-state index in [0.29, 0.717) is 43.0 Å². The van der Waals surface area contributed by atoms with Crippen LogP contribution in [0.15, 0.2) is 25.0 Å². The number of aromatic amines is 1. The molecule has 4 heterocycles. The van der Waals surface area contributed by atoms with Gasteiger partial charge in [-0.1, -0.05) is 27.4 Å². The Balaban J connectivity index is 1.49. The Hall–Kier alpha value is -3.94. The topological polar surface area (TPSA) is 147 Å². The van der Waals surface area contributed by atoms with E-state index in [9.17, 15) is 19.6 Å². The van der Waals surface area contributed by atoms with Gasteiger partial charge >= 0.3 is 0 Å². The van der Waals surface area contributed by atoms with E-state index in [1.54, 1.807) is 22.2 Å². The van der Waals surface area contributed by atoms with Crippen molar-refractivity contribution in [1.29, 1.82) is 5.26 Å². The molecule has 2 aromatic rings. The summed E-state index contributed by atoms with van der Waals surface area (Å²) >= 11 is 0. The second kappa shape index (κ2) is 10.6. The van der Waals surface area contributed by atoms with Crippen LogP contribution >= 0.6 is 0 Å². The normalized spacial score (nSPS) is 19.4. The van der Waals surface area contributed by atoms with Crippen LogP contribution in [0.3, 0.4) is 0 Å². The van der Waals surface area contributed by atoms with Crippen molar-refractivity contribution in [2.45, 2.75) is 64.6 Å². The van der Waals surface area contributed by atoms with Gasteiger partial charge in [-0.2, -0.15) is 5.26 Å². The molecule has 0 unspecified atom stereocenters. The molecule has 11 nitrogen and oxygen atoms in total. The first kappa shape index (κ1) is 26.1. The lowest BCUT2D eigenvalue weighted by molar-refractivity contribution is -0.135. The highest BCUT2D eigenvalue weighted by molar-refractivity contribution is 6.06. The molecule has 0 bridgehead atoms. The highest BCUT2D eigenvalue weighted by atomic mass is 16.2. The van der Waals surface area contributed by atoms with Gasteiger partial charge in [-0.3, -0.25) is 14.4 Å². The summed E-state index contributed by atoms with van der Waals surface area (Å²) in [7, 11) is 0. The number of carbonyl (C=O) groups excluding carboxylic acids is 3. The number of carbonyl (C=O) groups is 3. The van der Waals surface area contributed by atoms with Crippen molar-refractivity contribution in [2.24, 2.45) is 5.41 Å². The number of fused-ring (bicyclic) bond motifs is 1. The van der Waals surface area contributed by atoms with Gasteiger partial charge < -0.3 is 25.4 Å². The third-order valence-corrected chi connectivity index (χ3v) is 7.03. The lowest BCUT2D eigenvalue weighted by atomic mass is 9.85. The van der Waals surface area contributed by atoms with E-state index in [1.165, 1.54) is 6.08 Å². The van der Waals surface area contributed by atoms with Crippen molar-refractivity contribution in [3.05, 3.63) is 30.6 Å². The fourth-order valence-corrected chi connectivity index (χ4v) is 4.90.